The van der Waals surface area contributed by atoms with Gasteiger partial charge in [-0.25, -0.2) is 0 Å². The van der Waals surface area contributed by atoms with Crippen molar-refractivity contribution >= 4 is 8.07 Å². The van der Waals surface area contributed by atoms with E-state index in [1.54, 1.807) is 0 Å². The second kappa shape index (κ2) is 4.43. The van der Waals surface area contributed by atoms with Crippen molar-refractivity contribution in [1.29, 1.82) is 0 Å². The molecule has 0 spiro atoms. The van der Waals surface area contributed by atoms with Gasteiger partial charge in [0.05, 0.1) is 0 Å². The minimum atomic E-state index is -0.831. The van der Waals surface area contributed by atoms with Crippen molar-refractivity contribution in [2.24, 2.45) is 0 Å². The summed E-state index contributed by atoms with van der Waals surface area (Å²) in [5, 5.41) is 0. The monoisotopic (exact) mass is 120 g/mol. The van der Waals surface area contributed by atoms with Gasteiger partial charge in [-0.1, -0.05) is 19.6 Å². The second-order valence-electron chi connectivity index (χ2n) is 2.99. The van der Waals surface area contributed by atoms with Gasteiger partial charge in [0.2, 0.25) is 0 Å². The van der Waals surface area contributed by atoms with Crippen molar-refractivity contribution in [2.75, 3.05) is 0 Å². The number of hydrogen-bond donors (Lipinski definition) is 0. The van der Waals surface area contributed by atoms with E-state index in [0.717, 1.165) is 6.04 Å². The van der Waals surface area contributed by atoms with E-state index in [0.29, 0.717) is 0 Å². The van der Waals surface area contributed by atoms with E-state index in [2.05, 4.69) is 32.3 Å². The van der Waals surface area contributed by atoms with E-state index in [-0.39, 0.29) is 18.9 Å². The Bertz CT molecular complexity index is 63.4. The van der Waals surface area contributed by atoms with Crippen LogP contribution >= 0.6 is 0 Å². The molecule has 0 aliphatic carbocycles. The Labute approximate surface area is 65.6 Å². The van der Waals surface area contributed by atoms with Crippen molar-refractivity contribution in [2.45, 2.75) is 25.7 Å². The molecule has 0 aromatic rings. The Morgan fingerprint density at radius 1 is 1.38 bits per heavy atom. The molecule has 0 aromatic heterocycles. The van der Waals surface area contributed by atoms with Crippen molar-refractivity contribution in [3.63, 3.8) is 0 Å². The first-order valence-electron chi connectivity index (χ1n) is 2.56. The molecule has 0 fully saturated rings. The molecule has 0 unspecified atom stereocenters. The van der Waals surface area contributed by atoms with Crippen molar-refractivity contribution < 1.29 is 18.9 Å². The third-order valence-corrected chi connectivity index (χ3v) is 1.97. The summed E-state index contributed by atoms with van der Waals surface area (Å²) in [5.74, 6) is 0. The van der Waals surface area contributed by atoms with Crippen LogP contribution in [-0.4, -0.2) is 8.07 Å². The molecule has 0 saturated heterocycles. The fraction of sp³-hybridized carbons (Fsp3) is 0.667. The van der Waals surface area contributed by atoms with Crippen LogP contribution in [0.2, 0.25) is 25.7 Å². The third-order valence-electron chi connectivity index (χ3n) is 0.655. The third kappa shape index (κ3) is 9.75. The van der Waals surface area contributed by atoms with Gasteiger partial charge in [-0.2, -0.15) is 6.04 Å². The summed E-state index contributed by atoms with van der Waals surface area (Å²) in [6.45, 7) is 10.5. The van der Waals surface area contributed by atoms with Crippen LogP contribution in [0, 0.1) is 6.08 Å². The van der Waals surface area contributed by atoms with Crippen LogP contribution in [0.15, 0.2) is 6.58 Å². The Morgan fingerprint density at radius 3 is 1.75 bits per heavy atom. The van der Waals surface area contributed by atoms with Crippen LogP contribution < -0.4 is 18.9 Å². The fourth-order valence-corrected chi connectivity index (χ4v) is 1.12. The molecule has 2 heteroatoms. The van der Waals surface area contributed by atoms with E-state index >= 15 is 0 Å². The molecule has 0 aliphatic rings. The fourth-order valence-electron chi connectivity index (χ4n) is 0.375. The second-order valence-corrected chi connectivity index (χ2v) is 8.46. The summed E-state index contributed by atoms with van der Waals surface area (Å²) < 4.78 is 0. The summed E-state index contributed by atoms with van der Waals surface area (Å²) in [4.78, 5) is 0. The standard InChI is InChI=1S/C6H13Si.Li/c1-5-6-7(2,3)4;/h1,6H2,2-4H3;/q-1;+1. The van der Waals surface area contributed by atoms with Gasteiger partial charge >= 0.3 is 18.9 Å². The van der Waals surface area contributed by atoms with E-state index in [1.807, 2.05) is 0 Å². The van der Waals surface area contributed by atoms with Gasteiger partial charge in [-0.3, -0.25) is 6.58 Å². The molecule has 0 atom stereocenters. The molecule has 0 N–H and O–H groups in total. The van der Waals surface area contributed by atoms with Crippen LogP contribution in [0.1, 0.15) is 0 Å². The SMILES string of the molecule is C=[C-]C[Si](C)(C)C.[Li+]. The van der Waals surface area contributed by atoms with Crippen molar-refractivity contribution in [3.8, 4) is 0 Å². The number of rotatable bonds is 2. The Morgan fingerprint density at radius 2 is 1.75 bits per heavy atom. The molecule has 0 bridgehead atoms. The molecule has 8 heavy (non-hydrogen) atoms. The minimum Gasteiger partial charge on any atom is -0.507 e. The van der Waals surface area contributed by atoms with E-state index in [4.69, 9.17) is 0 Å². The smallest absolute Gasteiger partial charge is 0.507 e. The maximum Gasteiger partial charge on any atom is 1.00 e. The first-order chi connectivity index (χ1) is 3.06. The molecule has 0 saturated carbocycles. The summed E-state index contributed by atoms with van der Waals surface area (Å²) in [7, 11) is -0.831. The summed E-state index contributed by atoms with van der Waals surface area (Å²) in [6.07, 6.45) is 2.92. The molecule has 0 heterocycles. The van der Waals surface area contributed by atoms with Gasteiger partial charge in [0.15, 0.2) is 0 Å². The number of allylic oxidation sites excluding steroid dienone is 1. The normalized spacial score (nSPS) is 9.88. The van der Waals surface area contributed by atoms with E-state index in [1.165, 1.54) is 0 Å². The molecular formula is C6H13LiSi. The molecule has 0 radical (unpaired) electrons. The Kier molecular flexibility index (Phi) is 6.30. The molecule has 0 aliphatic heterocycles. The predicted octanol–water partition coefficient (Wildman–Crippen LogP) is -0.682. The largest absolute Gasteiger partial charge is 1.00 e. The van der Waals surface area contributed by atoms with Crippen LogP contribution in [0.5, 0.6) is 0 Å². The van der Waals surface area contributed by atoms with Crippen LogP contribution in [-0.2, 0) is 0 Å². The quantitative estimate of drug-likeness (QED) is 0.334. The summed E-state index contributed by atoms with van der Waals surface area (Å²) in [5.41, 5.74) is 0. The van der Waals surface area contributed by atoms with Gasteiger partial charge in [0.1, 0.15) is 0 Å². The predicted molar refractivity (Wildman–Crippen MR) is 37.0 cm³/mol. The van der Waals surface area contributed by atoms with Crippen LogP contribution in [0.25, 0.3) is 0 Å². The molecule has 0 amide bonds. The Balaban J connectivity index is 0. The van der Waals surface area contributed by atoms with Gasteiger partial charge in [0, 0.05) is 8.07 Å². The van der Waals surface area contributed by atoms with E-state index < -0.39 is 8.07 Å². The van der Waals surface area contributed by atoms with Gasteiger partial charge in [-0.05, 0) is 0 Å². The van der Waals surface area contributed by atoms with Gasteiger partial charge < -0.3 is 6.08 Å². The van der Waals surface area contributed by atoms with Crippen LogP contribution in [0.4, 0.5) is 0 Å². The zero-order valence-electron chi connectivity index (χ0n) is 6.41. The number of hydrogen-bond acceptors (Lipinski definition) is 0. The van der Waals surface area contributed by atoms with Gasteiger partial charge in [-0.15, -0.1) is 0 Å². The topological polar surface area (TPSA) is 0 Å². The maximum atomic E-state index is 3.56. The summed E-state index contributed by atoms with van der Waals surface area (Å²) >= 11 is 0. The minimum absolute atomic E-state index is 0. The van der Waals surface area contributed by atoms with Crippen LogP contribution in [0.3, 0.4) is 0 Å². The van der Waals surface area contributed by atoms with E-state index in [9.17, 15) is 0 Å². The summed E-state index contributed by atoms with van der Waals surface area (Å²) in [6, 6.07) is 1.12. The Hall–Kier alpha value is 0.554. The van der Waals surface area contributed by atoms with Crippen molar-refractivity contribution in [1.82, 2.24) is 0 Å². The molecule has 0 aromatic carbocycles. The zero-order valence-corrected chi connectivity index (χ0v) is 7.41. The molecule has 0 nitrogen and oxygen atoms in total. The molecule has 42 valence electrons. The first kappa shape index (κ1) is 11.4. The van der Waals surface area contributed by atoms with Crippen molar-refractivity contribution in [3.05, 3.63) is 12.7 Å². The maximum absolute atomic E-state index is 3.56. The molecule has 0 rings (SSSR count). The zero-order chi connectivity index (χ0) is 5.91. The van der Waals surface area contributed by atoms with Gasteiger partial charge in [0.25, 0.3) is 0 Å². The molecular weight excluding hydrogens is 107 g/mol. The first-order valence-corrected chi connectivity index (χ1v) is 6.27. The average Bonchev–Trinajstić information content (AvgIpc) is 1.30. The average molecular weight is 120 g/mol.